The highest BCUT2D eigenvalue weighted by molar-refractivity contribution is 7.17. The minimum absolute atomic E-state index is 0.158. The number of nitrogens with one attached hydrogen (secondary N) is 2. The summed E-state index contributed by atoms with van der Waals surface area (Å²) in [6, 6.07) is 7.49. The summed E-state index contributed by atoms with van der Waals surface area (Å²) in [4.78, 5) is 26.8. The number of rotatable bonds is 4. The summed E-state index contributed by atoms with van der Waals surface area (Å²) in [5.41, 5.74) is 6.11. The molecule has 1 aliphatic rings. The fourth-order valence-corrected chi connectivity index (χ4v) is 4.61. The molecule has 0 saturated heterocycles. The average Bonchev–Trinajstić information content (AvgIpc) is 2.75. The molecular formula is C20H25N3O2S. The van der Waals surface area contributed by atoms with Crippen molar-refractivity contribution in [2.75, 3.05) is 19.4 Å². The molecule has 1 aliphatic carbocycles. The number of anilines is 1. The van der Waals surface area contributed by atoms with Gasteiger partial charge in [0.1, 0.15) is 5.00 Å². The molecule has 2 amide bonds. The molecular weight excluding hydrogens is 346 g/mol. The Kier molecular flexibility index (Phi) is 5.74. The Morgan fingerprint density at radius 3 is 2.50 bits per heavy atom. The maximum Gasteiger partial charge on any atom is 0.268 e. The van der Waals surface area contributed by atoms with Crippen molar-refractivity contribution in [1.82, 2.24) is 10.4 Å². The quantitative estimate of drug-likeness (QED) is 0.635. The van der Waals surface area contributed by atoms with Crippen molar-refractivity contribution < 1.29 is 9.59 Å². The van der Waals surface area contributed by atoms with Crippen LogP contribution < -0.4 is 10.7 Å². The Hall–Kier alpha value is -2.18. The third kappa shape index (κ3) is 3.97. The van der Waals surface area contributed by atoms with Gasteiger partial charge in [-0.3, -0.25) is 15.0 Å². The number of thiophene rings is 1. The van der Waals surface area contributed by atoms with Gasteiger partial charge in [0.25, 0.3) is 11.8 Å². The van der Waals surface area contributed by atoms with Crippen LogP contribution in [0.2, 0.25) is 0 Å². The van der Waals surface area contributed by atoms with E-state index in [1.807, 2.05) is 31.2 Å². The van der Waals surface area contributed by atoms with Crippen LogP contribution in [0.25, 0.3) is 0 Å². The van der Waals surface area contributed by atoms with Crippen LogP contribution in [0.1, 0.15) is 56.0 Å². The van der Waals surface area contributed by atoms with Crippen LogP contribution in [-0.4, -0.2) is 30.9 Å². The second-order valence-electron chi connectivity index (χ2n) is 6.87. The summed E-state index contributed by atoms with van der Waals surface area (Å²) in [7, 11) is 3.57. The number of aryl methyl sites for hydroxylation is 2. The van der Waals surface area contributed by atoms with E-state index in [4.69, 9.17) is 0 Å². The second-order valence-corrected chi connectivity index (χ2v) is 7.98. The molecule has 6 heteroatoms. The highest BCUT2D eigenvalue weighted by atomic mass is 32.1. The van der Waals surface area contributed by atoms with Crippen molar-refractivity contribution in [3.63, 3.8) is 0 Å². The van der Waals surface area contributed by atoms with E-state index in [1.165, 1.54) is 11.3 Å². The number of carbonyl (C=O) groups is 2. The van der Waals surface area contributed by atoms with Crippen LogP contribution in [0.4, 0.5) is 5.00 Å². The highest BCUT2D eigenvalue weighted by Crippen LogP contribution is 2.37. The number of hydrogen-bond donors (Lipinski definition) is 2. The summed E-state index contributed by atoms with van der Waals surface area (Å²) in [5, 5.41) is 5.29. The first kappa shape index (κ1) is 18.6. The normalized spacial score (nSPS) is 13.8. The number of carbonyl (C=O) groups excluding carboxylic acids is 2. The molecule has 138 valence electrons. The van der Waals surface area contributed by atoms with Gasteiger partial charge in [-0.25, -0.2) is 5.01 Å². The van der Waals surface area contributed by atoms with Gasteiger partial charge in [-0.2, -0.15) is 0 Å². The molecule has 1 aromatic carbocycles. The Balaban J connectivity index is 1.96. The van der Waals surface area contributed by atoms with Gasteiger partial charge < -0.3 is 5.32 Å². The van der Waals surface area contributed by atoms with Crippen molar-refractivity contribution in [3.8, 4) is 0 Å². The molecule has 0 unspecified atom stereocenters. The van der Waals surface area contributed by atoms with Gasteiger partial charge in [-0.1, -0.05) is 24.6 Å². The predicted molar refractivity (Wildman–Crippen MR) is 106 cm³/mol. The van der Waals surface area contributed by atoms with Crippen molar-refractivity contribution in [1.29, 1.82) is 0 Å². The maximum absolute atomic E-state index is 12.8. The minimum atomic E-state index is -0.168. The van der Waals surface area contributed by atoms with Gasteiger partial charge in [0.15, 0.2) is 0 Å². The fourth-order valence-electron chi connectivity index (χ4n) is 3.33. The molecule has 1 heterocycles. The van der Waals surface area contributed by atoms with Gasteiger partial charge in [0.05, 0.1) is 5.56 Å². The third-order valence-electron chi connectivity index (χ3n) is 4.59. The van der Waals surface area contributed by atoms with E-state index in [0.29, 0.717) is 16.1 Å². The van der Waals surface area contributed by atoms with Gasteiger partial charge in [-0.15, -0.1) is 11.3 Å². The largest absolute Gasteiger partial charge is 0.313 e. The van der Waals surface area contributed by atoms with E-state index >= 15 is 0 Å². The summed E-state index contributed by atoms with van der Waals surface area (Å²) in [6.07, 6.45) is 5.26. The molecule has 0 saturated carbocycles. The Morgan fingerprint density at radius 1 is 1.04 bits per heavy atom. The smallest absolute Gasteiger partial charge is 0.268 e. The van der Waals surface area contributed by atoms with Gasteiger partial charge in [0, 0.05) is 24.5 Å². The van der Waals surface area contributed by atoms with Gasteiger partial charge in [0.2, 0.25) is 0 Å². The van der Waals surface area contributed by atoms with Crippen molar-refractivity contribution in [2.24, 2.45) is 0 Å². The number of hydrogen-bond acceptors (Lipinski definition) is 4. The second kappa shape index (κ2) is 8.01. The van der Waals surface area contributed by atoms with E-state index < -0.39 is 0 Å². The van der Waals surface area contributed by atoms with Gasteiger partial charge >= 0.3 is 0 Å². The summed E-state index contributed by atoms with van der Waals surface area (Å²) in [5.74, 6) is -0.326. The topological polar surface area (TPSA) is 61.4 Å². The molecule has 0 spiro atoms. The van der Waals surface area contributed by atoms with Crippen LogP contribution in [-0.2, 0) is 12.8 Å². The molecule has 0 aliphatic heterocycles. The van der Waals surface area contributed by atoms with Crippen molar-refractivity contribution in [3.05, 3.63) is 51.4 Å². The maximum atomic E-state index is 12.8. The third-order valence-corrected chi connectivity index (χ3v) is 5.80. The van der Waals surface area contributed by atoms with Crippen molar-refractivity contribution in [2.45, 2.75) is 39.0 Å². The number of amides is 2. The lowest BCUT2D eigenvalue weighted by Gasteiger charge is -2.14. The zero-order valence-electron chi connectivity index (χ0n) is 15.5. The number of fused-ring (bicyclic) bond motifs is 1. The molecule has 0 atom stereocenters. The lowest BCUT2D eigenvalue weighted by molar-refractivity contribution is 0.0857. The standard InChI is InChI=1S/C20H25N3O2S/c1-13-9-7-8-10-14(13)18(24)21-20-17(19(25)22-23(2)3)15-11-5-4-6-12-16(15)26-20/h7-10H,4-6,11-12H2,1-3H3,(H,21,24)(H,22,25). The first-order chi connectivity index (χ1) is 12.5. The van der Waals surface area contributed by atoms with E-state index in [0.717, 1.165) is 36.8 Å². The molecule has 3 rings (SSSR count). The summed E-state index contributed by atoms with van der Waals surface area (Å²) >= 11 is 1.55. The number of hydrazine groups is 1. The average molecular weight is 372 g/mol. The Bertz CT molecular complexity index is 826. The van der Waals surface area contributed by atoms with E-state index in [-0.39, 0.29) is 11.8 Å². The lowest BCUT2D eigenvalue weighted by Crippen LogP contribution is -2.36. The Labute approximate surface area is 158 Å². The molecule has 1 aromatic heterocycles. The van der Waals surface area contributed by atoms with Crippen molar-refractivity contribution >= 4 is 28.2 Å². The number of benzene rings is 1. The molecule has 5 nitrogen and oxygen atoms in total. The molecule has 26 heavy (non-hydrogen) atoms. The van der Waals surface area contributed by atoms with E-state index in [2.05, 4.69) is 10.7 Å². The molecule has 2 N–H and O–H groups in total. The fraction of sp³-hybridized carbons (Fsp3) is 0.400. The van der Waals surface area contributed by atoms with Crippen LogP contribution in [0.15, 0.2) is 24.3 Å². The lowest BCUT2D eigenvalue weighted by atomic mass is 10.0. The number of nitrogens with zero attached hydrogens (tertiary/aromatic N) is 1. The highest BCUT2D eigenvalue weighted by Gasteiger charge is 2.26. The van der Waals surface area contributed by atoms with E-state index in [1.54, 1.807) is 30.4 Å². The van der Waals surface area contributed by atoms with Crippen LogP contribution in [0, 0.1) is 6.92 Å². The van der Waals surface area contributed by atoms with E-state index in [9.17, 15) is 9.59 Å². The molecule has 0 bridgehead atoms. The minimum Gasteiger partial charge on any atom is -0.313 e. The summed E-state index contributed by atoms with van der Waals surface area (Å²) in [6.45, 7) is 1.91. The SMILES string of the molecule is Cc1ccccc1C(=O)Nc1sc2c(c1C(=O)NN(C)C)CCCCC2. The zero-order chi connectivity index (χ0) is 18.7. The van der Waals surface area contributed by atoms with Crippen LogP contribution in [0.3, 0.4) is 0 Å². The monoisotopic (exact) mass is 371 g/mol. The first-order valence-electron chi connectivity index (χ1n) is 8.97. The van der Waals surface area contributed by atoms with Gasteiger partial charge in [-0.05, 0) is 49.8 Å². The zero-order valence-corrected chi connectivity index (χ0v) is 16.3. The first-order valence-corrected chi connectivity index (χ1v) is 9.79. The predicted octanol–water partition coefficient (Wildman–Crippen LogP) is 3.78. The summed E-state index contributed by atoms with van der Waals surface area (Å²) < 4.78 is 0. The van der Waals surface area contributed by atoms with Crippen LogP contribution in [0.5, 0.6) is 0 Å². The Morgan fingerprint density at radius 2 is 1.77 bits per heavy atom. The molecule has 0 radical (unpaired) electrons. The molecule has 2 aromatic rings. The molecule has 0 fully saturated rings. The van der Waals surface area contributed by atoms with Crippen LogP contribution >= 0.6 is 11.3 Å².